The third kappa shape index (κ3) is 3.67. The number of hydrogen-bond donors (Lipinski definition) is 2. The van der Waals surface area contributed by atoms with E-state index in [1.165, 1.54) is 6.26 Å². The monoisotopic (exact) mass is 339 g/mol. The number of aliphatic hydroxyl groups excluding tert-OH is 1. The first kappa shape index (κ1) is 17.0. The highest BCUT2D eigenvalue weighted by atomic mass is 16.5. The summed E-state index contributed by atoms with van der Waals surface area (Å²) in [7, 11) is 1.64. The number of hydrogen-bond acceptors (Lipinski definition) is 4. The Kier molecular flexibility index (Phi) is 5.05. The fourth-order valence-electron chi connectivity index (χ4n) is 2.78. The quantitative estimate of drug-likeness (QED) is 0.722. The van der Waals surface area contributed by atoms with Crippen LogP contribution in [0.2, 0.25) is 0 Å². The van der Waals surface area contributed by atoms with Crippen LogP contribution < -0.4 is 10.1 Å². The number of aliphatic hydroxyl groups is 1. The molecule has 1 amide bonds. The van der Waals surface area contributed by atoms with Crippen LogP contribution in [0.1, 0.15) is 30.2 Å². The lowest BCUT2D eigenvalue weighted by molar-refractivity contribution is -0.123. The van der Waals surface area contributed by atoms with E-state index in [1.807, 2.05) is 43.3 Å². The largest absolute Gasteiger partial charge is 0.497 e. The van der Waals surface area contributed by atoms with Gasteiger partial charge in [-0.2, -0.15) is 0 Å². The first-order valence-electron chi connectivity index (χ1n) is 8.14. The van der Waals surface area contributed by atoms with Crippen molar-refractivity contribution in [1.29, 1.82) is 0 Å². The van der Waals surface area contributed by atoms with Gasteiger partial charge in [-0.1, -0.05) is 24.3 Å². The van der Waals surface area contributed by atoms with Gasteiger partial charge >= 0.3 is 0 Å². The van der Waals surface area contributed by atoms with Crippen molar-refractivity contribution in [3.8, 4) is 5.75 Å². The summed E-state index contributed by atoms with van der Waals surface area (Å²) in [5, 5.41) is 14.4. The first-order chi connectivity index (χ1) is 12.1. The highest BCUT2D eigenvalue weighted by molar-refractivity contribution is 5.88. The van der Waals surface area contributed by atoms with Crippen molar-refractivity contribution in [2.24, 2.45) is 0 Å². The molecule has 0 bridgehead atoms. The maximum atomic E-state index is 12.6. The Morgan fingerprint density at radius 3 is 2.64 bits per heavy atom. The molecule has 1 unspecified atom stereocenters. The number of amides is 1. The number of rotatable bonds is 6. The van der Waals surface area contributed by atoms with E-state index in [1.54, 1.807) is 19.2 Å². The third-order valence-electron chi connectivity index (χ3n) is 4.35. The zero-order chi connectivity index (χ0) is 17.8. The minimum absolute atomic E-state index is 0.164. The molecule has 5 heteroatoms. The summed E-state index contributed by atoms with van der Waals surface area (Å²) < 4.78 is 10.5. The van der Waals surface area contributed by atoms with E-state index in [9.17, 15) is 9.90 Å². The van der Waals surface area contributed by atoms with Crippen molar-refractivity contribution in [1.82, 2.24) is 5.32 Å². The lowest BCUT2D eigenvalue weighted by atomic mass is 9.96. The summed E-state index contributed by atoms with van der Waals surface area (Å²) in [6.07, 6.45) is 1.52. The number of ether oxygens (including phenoxy) is 1. The van der Waals surface area contributed by atoms with Gasteiger partial charge in [0.25, 0.3) is 0 Å². The van der Waals surface area contributed by atoms with Crippen LogP contribution >= 0.6 is 0 Å². The van der Waals surface area contributed by atoms with E-state index in [0.29, 0.717) is 5.76 Å². The predicted molar refractivity (Wildman–Crippen MR) is 95.6 cm³/mol. The Hall–Kier alpha value is -2.79. The zero-order valence-corrected chi connectivity index (χ0v) is 14.2. The summed E-state index contributed by atoms with van der Waals surface area (Å²) in [5.41, 5.74) is 0.909. The number of carbonyl (C=O) groups excluding carboxylic acids is 1. The lowest BCUT2D eigenvalue weighted by Crippen LogP contribution is -2.33. The van der Waals surface area contributed by atoms with Crippen molar-refractivity contribution in [3.05, 3.63) is 66.1 Å². The maximum absolute atomic E-state index is 12.6. The van der Waals surface area contributed by atoms with E-state index >= 15 is 0 Å². The van der Waals surface area contributed by atoms with Crippen LogP contribution in [-0.4, -0.2) is 24.7 Å². The number of furan rings is 1. The second-order valence-corrected chi connectivity index (χ2v) is 5.95. The molecule has 2 atom stereocenters. The third-order valence-corrected chi connectivity index (χ3v) is 4.35. The molecule has 0 saturated carbocycles. The zero-order valence-electron chi connectivity index (χ0n) is 14.2. The average molecular weight is 339 g/mol. The van der Waals surface area contributed by atoms with Gasteiger partial charge in [-0.05, 0) is 47.5 Å². The molecule has 0 saturated heterocycles. The van der Waals surface area contributed by atoms with Crippen molar-refractivity contribution >= 4 is 16.7 Å². The van der Waals surface area contributed by atoms with Crippen LogP contribution in [0.25, 0.3) is 10.8 Å². The van der Waals surface area contributed by atoms with Gasteiger partial charge in [0.15, 0.2) is 0 Å². The molecule has 3 rings (SSSR count). The molecule has 0 spiro atoms. The molecule has 1 aromatic heterocycles. The van der Waals surface area contributed by atoms with Gasteiger partial charge in [0.05, 0.1) is 25.9 Å². The number of carbonyl (C=O) groups is 1. The van der Waals surface area contributed by atoms with Gasteiger partial charge in [-0.3, -0.25) is 4.79 Å². The van der Waals surface area contributed by atoms with E-state index in [0.717, 1.165) is 22.1 Å². The molecule has 0 radical (unpaired) electrons. The highest BCUT2D eigenvalue weighted by Gasteiger charge is 2.21. The Balaban J connectivity index is 1.78. The second kappa shape index (κ2) is 7.40. The predicted octanol–water partition coefficient (Wildman–Crippen LogP) is 3.39. The normalized spacial score (nSPS) is 13.4. The number of methoxy groups -OCH3 is 1. The fourth-order valence-corrected chi connectivity index (χ4v) is 2.78. The molecule has 0 aliphatic rings. The van der Waals surface area contributed by atoms with E-state index in [-0.39, 0.29) is 18.4 Å². The molecule has 130 valence electrons. The molecule has 2 N–H and O–H groups in total. The standard InChI is InChI=1S/C20H21NO4/c1-13(20(23)21-18(12-22)19-4-3-9-25-19)14-5-6-16-11-17(24-2)8-7-15(16)10-14/h3-11,13,18,22H,12H2,1-2H3,(H,21,23)/t13-,18?/m0/s1. The Morgan fingerprint density at radius 1 is 1.20 bits per heavy atom. The molecule has 25 heavy (non-hydrogen) atoms. The summed E-state index contributed by atoms with van der Waals surface area (Å²) in [5.74, 6) is 0.822. The van der Waals surface area contributed by atoms with Gasteiger partial charge in [-0.25, -0.2) is 0 Å². The summed E-state index contributed by atoms with van der Waals surface area (Å²) in [6.45, 7) is 1.63. The number of fused-ring (bicyclic) bond motifs is 1. The molecule has 0 aliphatic heterocycles. The maximum Gasteiger partial charge on any atom is 0.227 e. The number of benzene rings is 2. The highest BCUT2D eigenvalue weighted by Crippen LogP contribution is 2.26. The molecule has 0 aliphatic carbocycles. The van der Waals surface area contributed by atoms with E-state index in [4.69, 9.17) is 9.15 Å². The number of nitrogens with one attached hydrogen (secondary N) is 1. The molecule has 1 heterocycles. The van der Waals surface area contributed by atoms with Crippen molar-refractivity contribution in [2.75, 3.05) is 13.7 Å². The van der Waals surface area contributed by atoms with Crippen LogP contribution in [0.15, 0.2) is 59.2 Å². The second-order valence-electron chi connectivity index (χ2n) is 5.95. The minimum Gasteiger partial charge on any atom is -0.497 e. The van der Waals surface area contributed by atoms with Crippen LogP contribution in [0.4, 0.5) is 0 Å². The average Bonchev–Trinajstić information content (AvgIpc) is 3.18. The van der Waals surface area contributed by atoms with Crippen LogP contribution in [-0.2, 0) is 4.79 Å². The summed E-state index contributed by atoms with van der Waals surface area (Å²) in [6, 6.07) is 14.7. The molecular formula is C20H21NO4. The minimum atomic E-state index is -0.547. The molecule has 5 nitrogen and oxygen atoms in total. The molecule has 3 aromatic rings. The molecule has 0 fully saturated rings. The van der Waals surface area contributed by atoms with Crippen molar-refractivity contribution < 1.29 is 19.1 Å². The van der Waals surface area contributed by atoms with Crippen LogP contribution in [0, 0.1) is 0 Å². The van der Waals surface area contributed by atoms with Crippen LogP contribution in [0.5, 0.6) is 5.75 Å². The van der Waals surface area contributed by atoms with Crippen molar-refractivity contribution in [2.45, 2.75) is 18.9 Å². The van der Waals surface area contributed by atoms with Gasteiger partial charge in [0, 0.05) is 0 Å². The first-order valence-corrected chi connectivity index (χ1v) is 8.14. The SMILES string of the molecule is COc1ccc2cc([C@H](C)C(=O)NC(CO)c3ccco3)ccc2c1. The Bertz CT molecular complexity index is 857. The molecule has 2 aromatic carbocycles. The molecular weight excluding hydrogens is 318 g/mol. The van der Waals surface area contributed by atoms with Gasteiger partial charge in [-0.15, -0.1) is 0 Å². The van der Waals surface area contributed by atoms with E-state index < -0.39 is 6.04 Å². The Morgan fingerprint density at radius 2 is 1.96 bits per heavy atom. The smallest absolute Gasteiger partial charge is 0.227 e. The Labute approximate surface area is 146 Å². The van der Waals surface area contributed by atoms with E-state index in [2.05, 4.69) is 5.32 Å². The topological polar surface area (TPSA) is 71.7 Å². The van der Waals surface area contributed by atoms with Crippen molar-refractivity contribution in [3.63, 3.8) is 0 Å². The lowest BCUT2D eigenvalue weighted by Gasteiger charge is -2.18. The summed E-state index contributed by atoms with van der Waals surface area (Å²) >= 11 is 0. The van der Waals surface area contributed by atoms with Gasteiger partial charge < -0.3 is 19.6 Å². The fraction of sp³-hybridized carbons (Fsp3) is 0.250. The van der Waals surface area contributed by atoms with Crippen LogP contribution in [0.3, 0.4) is 0 Å². The summed E-state index contributed by atoms with van der Waals surface area (Å²) in [4.78, 5) is 12.6. The van der Waals surface area contributed by atoms with Gasteiger partial charge in [0.1, 0.15) is 17.6 Å². The van der Waals surface area contributed by atoms with Gasteiger partial charge in [0.2, 0.25) is 5.91 Å².